The Morgan fingerprint density at radius 2 is 2.18 bits per heavy atom. The predicted molar refractivity (Wildman–Crippen MR) is 72.0 cm³/mol. The maximum Gasteiger partial charge on any atom is 0.131 e. The molecule has 5 heteroatoms. The summed E-state index contributed by atoms with van der Waals surface area (Å²) in [6.45, 7) is 2.87. The molecule has 0 spiro atoms. The highest BCUT2D eigenvalue weighted by atomic mass is 79.9. The lowest BCUT2D eigenvalue weighted by Gasteiger charge is -2.19. The first-order valence-electron chi connectivity index (χ1n) is 5.37. The van der Waals surface area contributed by atoms with Gasteiger partial charge in [-0.15, -0.1) is 0 Å². The standard InChI is InChI=1S/C12H15BrN4/c1-9-4-11(13)6-14-12(9)16(2)7-10-5-15-17(3)8-10/h4-6,8H,7H2,1-3H3. The highest BCUT2D eigenvalue weighted by Crippen LogP contribution is 2.20. The topological polar surface area (TPSA) is 34.0 Å². The van der Waals surface area contributed by atoms with Crippen molar-refractivity contribution in [1.29, 1.82) is 0 Å². The molecule has 0 aliphatic rings. The second kappa shape index (κ2) is 4.87. The van der Waals surface area contributed by atoms with Gasteiger partial charge in [0, 0.05) is 43.1 Å². The van der Waals surface area contributed by atoms with Gasteiger partial charge in [-0.3, -0.25) is 4.68 Å². The van der Waals surface area contributed by atoms with Gasteiger partial charge < -0.3 is 4.90 Å². The quantitative estimate of drug-likeness (QED) is 0.872. The molecule has 0 atom stereocenters. The molecule has 0 aliphatic heterocycles. The first-order chi connectivity index (χ1) is 8.06. The molecular formula is C12H15BrN4. The zero-order valence-corrected chi connectivity index (χ0v) is 11.8. The Morgan fingerprint density at radius 1 is 1.41 bits per heavy atom. The van der Waals surface area contributed by atoms with E-state index in [-0.39, 0.29) is 0 Å². The van der Waals surface area contributed by atoms with E-state index < -0.39 is 0 Å². The van der Waals surface area contributed by atoms with Crippen LogP contribution in [0.15, 0.2) is 29.1 Å². The summed E-state index contributed by atoms with van der Waals surface area (Å²) in [4.78, 5) is 6.56. The molecule has 2 rings (SSSR count). The number of rotatable bonds is 3. The van der Waals surface area contributed by atoms with Crippen LogP contribution >= 0.6 is 15.9 Å². The molecular weight excluding hydrogens is 280 g/mol. The zero-order chi connectivity index (χ0) is 12.4. The van der Waals surface area contributed by atoms with Crippen molar-refractivity contribution >= 4 is 21.7 Å². The molecule has 0 aliphatic carbocycles. The molecule has 2 aromatic heterocycles. The van der Waals surface area contributed by atoms with Crippen LogP contribution < -0.4 is 4.90 Å². The second-order valence-corrected chi connectivity index (χ2v) is 5.09. The van der Waals surface area contributed by atoms with E-state index in [0.29, 0.717) is 0 Å². The van der Waals surface area contributed by atoms with Gasteiger partial charge in [-0.2, -0.15) is 5.10 Å². The number of nitrogens with zero attached hydrogens (tertiary/aromatic N) is 4. The molecule has 90 valence electrons. The number of anilines is 1. The molecule has 0 amide bonds. The van der Waals surface area contributed by atoms with Crippen LogP contribution in [0.2, 0.25) is 0 Å². The van der Waals surface area contributed by atoms with E-state index in [9.17, 15) is 0 Å². The molecule has 0 fully saturated rings. The van der Waals surface area contributed by atoms with E-state index >= 15 is 0 Å². The van der Waals surface area contributed by atoms with Crippen molar-refractivity contribution in [3.05, 3.63) is 40.3 Å². The van der Waals surface area contributed by atoms with Crippen LogP contribution in [0.25, 0.3) is 0 Å². The Hall–Kier alpha value is -1.36. The lowest BCUT2D eigenvalue weighted by molar-refractivity contribution is 0.766. The molecule has 17 heavy (non-hydrogen) atoms. The fourth-order valence-electron chi connectivity index (χ4n) is 1.84. The Bertz CT molecular complexity index is 521. The highest BCUT2D eigenvalue weighted by Gasteiger charge is 2.08. The SMILES string of the molecule is Cc1cc(Br)cnc1N(C)Cc1cnn(C)c1. The van der Waals surface area contributed by atoms with Crippen molar-refractivity contribution in [3.8, 4) is 0 Å². The molecule has 0 saturated carbocycles. The summed E-state index contributed by atoms with van der Waals surface area (Å²) >= 11 is 3.42. The van der Waals surface area contributed by atoms with Crippen molar-refractivity contribution in [2.45, 2.75) is 13.5 Å². The molecule has 2 aromatic rings. The van der Waals surface area contributed by atoms with Gasteiger partial charge in [0.05, 0.1) is 6.20 Å². The first-order valence-corrected chi connectivity index (χ1v) is 6.16. The third-order valence-electron chi connectivity index (χ3n) is 2.56. The molecule has 0 N–H and O–H groups in total. The third-order valence-corrected chi connectivity index (χ3v) is 2.99. The number of halogens is 1. The molecule has 0 aromatic carbocycles. The fourth-order valence-corrected chi connectivity index (χ4v) is 2.28. The van der Waals surface area contributed by atoms with Gasteiger partial charge in [0.25, 0.3) is 0 Å². The van der Waals surface area contributed by atoms with Gasteiger partial charge in [-0.05, 0) is 34.5 Å². The van der Waals surface area contributed by atoms with Crippen LogP contribution in [0.5, 0.6) is 0 Å². The van der Waals surface area contributed by atoms with Crippen molar-refractivity contribution in [2.75, 3.05) is 11.9 Å². The van der Waals surface area contributed by atoms with E-state index in [1.165, 1.54) is 5.56 Å². The fraction of sp³-hybridized carbons (Fsp3) is 0.333. The number of hydrogen-bond acceptors (Lipinski definition) is 3. The van der Waals surface area contributed by atoms with Gasteiger partial charge in [-0.25, -0.2) is 4.98 Å². The maximum atomic E-state index is 4.43. The maximum absolute atomic E-state index is 4.43. The summed E-state index contributed by atoms with van der Waals surface area (Å²) < 4.78 is 2.82. The predicted octanol–water partition coefficient (Wildman–Crippen LogP) is 2.52. The summed E-state index contributed by atoms with van der Waals surface area (Å²) in [5.74, 6) is 0.997. The number of pyridine rings is 1. The first kappa shape index (κ1) is 12.1. The minimum absolute atomic E-state index is 0.809. The van der Waals surface area contributed by atoms with Gasteiger partial charge in [0.2, 0.25) is 0 Å². The molecule has 0 unspecified atom stereocenters. The average Bonchev–Trinajstić information content (AvgIpc) is 2.63. The van der Waals surface area contributed by atoms with Crippen molar-refractivity contribution in [2.24, 2.45) is 7.05 Å². The molecule has 0 bridgehead atoms. The summed E-state index contributed by atoms with van der Waals surface area (Å²) in [5.41, 5.74) is 2.34. The van der Waals surface area contributed by atoms with Crippen molar-refractivity contribution < 1.29 is 0 Å². The Balaban J connectivity index is 2.17. The van der Waals surface area contributed by atoms with Crippen molar-refractivity contribution in [3.63, 3.8) is 0 Å². The van der Waals surface area contributed by atoms with E-state index in [1.807, 2.05) is 37.4 Å². The highest BCUT2D eigenvalue weighted by molar-refractivity contribution is 9.10. The normalized spacial score (nSPS) is 10.6. The van der Waals surface area contributed by atoms with Crippen LogP contribution in [-0.2, 0) is 13.6 Å². The van der Waals surface area contributed by atoms with Crippen molar-refractivity contribution in [1.82, 2.24) is 14.8 Å². The summed E-state index contributed by atoms with van der Waals surface area (Å²) in [5, 5.41) is 4.16. The van der Waals surface area contributed by atoms with Gasteiger partial charge >= 0.3 is 0 Å². The van der Waals surface area contributed by atoms with Crippen LogP contribution in [0, 0.1) is 6.92 Å². The summed E-state index contributed by atoms with van der Waals surface area (Å²) in [6.07, 6.45) is 5.72. The van der Waals surface area contributed by atoms with Crippen LogP contribution in [-0.4, -0.2) is 21.8 Å². The molecule has 0 saturated heterocycles. The lowest BCUT2D eigenvalue weighted by atomic mass is 10.2. The van der Waals surface area contributed by atoms with Gasteiger partial charge in [-0.1, -0.05) is 0 Å². The van der Waals surface area contributed by atoms with Gasteiger partial charge in [0.15, 0.2) is 0 Å². The minimum Gasteiger partial charge on any atom is -0.355 e. The monoisotopic (exact) mass is 294 g/mol. The number of aromatic nitrogens is 3. The number of aryl methyl sites for hydroxylation is 2. The largest absolute Gasteiger partial charge is 0.355 e. The van der Waals surface area contributed by atoms with Crippen LogP contribution in [0.4, 0.5) is 5.82 Å². The average molecular weight is 295 g/mol. The minimum atomic E-state index is 0.809. The van der Waals surface area contributed by atoms with E-state index in [2.05, 4.69) is 43.9 Å². The molecule has 0 radical (unpaired) electrons. The Morgan fingerprint density at radius 3 is 2.76 bits per heavy atom. The summed E-state index contributed by atoms with van der Waals surface area (Å²) in [6, 6.07) is 2.07. The zero-order valence-electron chi connectivity index (χ0n) is 10.2. The van der Waals surface area contributed by atoms with Gasteiger partial charge in [0.1, 0.15) is 5.82 Å². The third kappa shape index (κ3) is 2.85. The lowest BCUT2D eigenvalue weighted by Crippen LogP contribution is -2.18. The molecule has 4 nitrogen and oxygen atoms in total. The Labute approximate surface area is 109 Å². The van der Waals surface area contributed by atoms with E-state index in [0.717, 1.165) is 22.4 Å². The van der Waals surface area contributed by atoms with E-state index in [1.54, 1.807) is 0 Å². The van der Waals surface area contributed by atoms with E-state index in [4.69, 9.17) is 0 Å². The van der Waals surface area contributed by atoms with Crippen LogP contribution in [0.1, 0.15) is 11.1 Å². The molecule has 2 heterocycles. The second-order valence-electron chi connectivity index (χ2n) is 4.17. The summed E-state index contributed by atoms with van der Waals surface area (Å²) in [7, 11) is 3.96. The van der Waals surface area contributed by atoms with Crippen LogP contribution in [0.3, 0.4) is 0 Å². The number of hydrogen-bond donors (Lipinski definition) is 0. The smallest absolute Gasteiger partial charge is 0.131 e. The Kier molecular flexibility index (Phi) is 3.47.